The second-order valence-electron chi connectivity index (χ2n) is 4.95. The molecule has 0 heterocycles. The van der Waals surface area contributed by atoms with Gasteiger partial charge in [0.1, 0.15) is 5.54 Å². The minimum atomic E-state index is -1.23. The zero-order valence-corrected chi connectivity index (χ0v) is 13.3. The molecule has 0 spiro atoms. The number of nitro benzene ring substituents is 1. The molecule has 120 valence electrons. The highest BCUT2D eigenvalue weighted by Crippen LogP contribution is 2.23. The Morgan fingerprint density at radius 3 is 2.59 bits per heavy atom. The van der Waals surface area contributed by atoms with Gasteiger partial charge in [-0.3, -0.25) is 14.9 Å². The van der Waals surface area contributed by atoms with E-state index in [1.165, 1.54) is 26.2 Å². The van der Waals surface area contributed by atoms with Crippen molar-refractivity contribution in [2.75, 3.05) is 7.11 Å². The van der Waals surface area contributed by atoms with E-state index in [9.17, 15) is 19.7 Å². The summed E-state index contributed by atoms with van der Waals surface area (Å²) >= 11 is 5.92. The molecule has 7 nitrogen and oxygen atoms in total. The van der Waals surface area contributed by atoms with Gasteiger partial charge in [-0.25, -0.2) is 4.79 Å². The predicted molar refractivity (Wildman–Crippen MR) is 80.9 cm³/mol. The molecule has 1 amide bonds. The number of non-ortho nitro benzene ring substituents is 1. The summed E-state index contributed by atoms with van der Waals surface area (Å²) in [7, 11) is 1.22. The number of methoxy groups -OCH3 is 1. The third-order valence-corrected chi connectivity index (χ3v) is 3.51. The van der Waals surface area contributed by atoms with Gasteiger partial charge in [0, 0.05) is 12.1 Å². The third kappa shape index (κ3) is 3.94. The summed E-state index contributed by atoms with van der Waals surface area (Å²) in [6.45, 7) is 3.39. The Hall–Kier alpha value is -2.15. The van der Waals surface area contributed by atoms with Crippen LogP contribution >= 0.6 is 11.6 Å². The zero-order valence-electron chi connectivity index (χ0n) is 12.5. The first-order valence-corrected chi connectivity index (χ1v) is 6.98. The minimum Gasteiger partial charge on any atom is -0.467 e. The van der Waals surface area contributed by atoms with E-state index in [0.29, 0.717) is 12.8 Å². The number of ether oxygens (including phenoxy) is 1. The summed E-state index contributed by atoms with van der Waals surface area (Å²) in [6.07, 6.45) is 0.993. The number of hydrogen-bond acceptors (Lipinski definition) is 5. The Labute approximate surface area is 132 Å². The molecule has 0 aliphatic rings. The molecule has 1 rings (SSSR count). The molecule has 1 N–H and O–H groups in total. The highest BCUT2D eigenvalue weighted by Gasteiger charge is 2.36. The average molecular weight is 329 g/mol. The monoisotopic (exact) mass is 328 g/mol. The normalized spacial score (nSPS) is 13.1. The standard InChI is InChI=1S/C14H17ClN2O5/c1-4-7-14(2,13(19)22-3)16-12(18)10-8-9(17(20)21)5-6-11(10)15/h5-6,8H,4,7H2,1-3H3,(H,16,18). The molecule has 0 radical (unpaired) electrons. The Kier molecular flexibility index (Phi) is 5.87. The van der Waals surface area contributed by atoms with Gasteiger partial charge in [0.25, 0.3) is 11.6 Å². The van der Waals surface area contributed by atoms with Gasteiger partial charge in [-0.15, -0.1) is 0 Å². The van der Waals surface area contributed by atoms with Gasteiger partial charge in [-0.05, 0) is 19.4 Å². The van der Waals surface area contributed by atoms with Crippen molar-refractivity contribution in [1.82, 2.24) is 5.32 Å². The summed E-state index contributed by atoms with van der Waals surface area (Å²) < 4.78 is 4.70. The summed E-state index contributed by atoms with van der Waals surface area (Å²) in [5.41, 5.74) is -1.55. The summed E-state index contributed by atoms with van der Waals surface area (Å²) in [5.74, 6) is -1.26. The quantitative estimate of drug-likeness (QED) is 0.492. The molecule has 1 aromatic rings. The van der Waals surface area contributed by atoms with Crippen molar-refractivity contribution >= 4 is 29.2 Å². The number of nitrogens with zero attached hydrogens (tertiary/aromatic N) is 1. The van der Waals surface area contributed by atoms with E-state index in [1.807, 2.05) is 6.92 Å². The maximum Gasteiger partial charge on any atom is 0.331 e. The van der Waals surface area contributed by atoms with Crippen LogP contribution in [0.25, 0.3) is 0 Å². The molecule has 0 saturated carbocycles. The van der Waals surface area contributed by atoms with Crippen LogP contribution in [0.2, 0.25) is 5.02 Å². The fourth-order valence-corrected chi connectivity index (χ4v) is 2.26. The van der Waals surface area contributed by atoms with Crippen molar-refractivity contribution in [2.24, 2.45) is 0 Å². The molecule has 0 bridgehead atoms. The predicted octanol–water partition coefficient (Wildman–Crippen LogP) is 2.71. The van der Waals surface area contributed by atoms with Crippen LogP contribution in [0.15, 0.2) is 18.2 Å². The van der Waals surface area contributed by atoms with E-state index < -0.39 is 22.3 Å². The number of rotatable bonds is 6. The smallest absolute Gasteiger partial charge is 0.331 e. The lowest BCUT2D eigenvalue weighted by molar-refractivity contribution is -0.384. The van der Waals surface area contributed by atoms with Crippen LogP contribution in [0, 0.1) is 10.1 Å². The highest BCUT2D eigenvalue weighted by atomic mass is 35.5. The van der Waals surface area contributed by atoms with Gasteiger partial charge in [-0.1, -0.05) is 24.9 Å². The Balaban J connectivity index is 3.12. The number of carbonyl (C=O) groups is 2. The van der Waals surface area contributed by atoms with E-state index >= 15 is 0 Å². The fraction of sp³-hybridized carbons (Fsp3) is 0.429. The Bertz CT molecular complexity index is 605. The van der Waals surface area contributed by atoms with Crippen LogP contribution in [0.3, 0.4) is 0 Å². The molecular formula is C14H17ClN2O5. The van der Waals surface area contributed by atoms with Crippen molar-refractivity contribution in [2.45, 2.75) is 32.2 Å². The van der Waals surface area contributed by atoms with E-state index in [4.69, 9.17) is 16.3 Å². The molecule has 0 aliphatic heterocycles. The summed E-state index contributed by atoms with van der Waals surface area (Å²) in [4.78, 5) is 34.4. The lowest BCUT2D eigenvalue weighted by Crippen LogP contribution is -2.52. The van der Waals surface area contributed by atoms with Gasteiger partial charge in [0.05, 0.1) is 22.6 Å². The van der Waals surface area contributed by atoms with Gasteiger partial charge in [0.15, 0.2) is 0 Å². The number of hydrogen-bond donors (Lipinski definition) is 1. The molecule has 1 aromatic carbocycles. The van der Waals surface area contributed by atoms with Crippen molar-refractivity contribution in [1.29, 1.82) is 0 Å². The highest BCUT2D eigenvalue weighted by molar-refractivity contribution is 6.34. The summed E-state index contributed by atoms with van der Waals surface area (Å²) in [6, 6.07) is 3.54. The molecule has 0 aromatic heterocycles. The minimum absolute atomic E-state index is 0.0619. The largest absolute Gasteiger partial charge is 0.467 e. The maximum absolute atomic E-state index is 12.3. The number of benzene rings is 1. The van der Waals surface area contributed by atoms with Gasteiger partial charge in [0.2, 0.25) is 0 Å². The van der Waals surface area contributed by atoms with Crippen molar-refractivity contribution in [3.63, 3.8) is 0 Å². The Morgan fingerprint density at radius 1 is 1.45 bits per heavy atom. The molecule has 1 unspecified atom stereocenters. The second kappa shape index (κ2) is 7.22. The van der Waals surface area contributed by atoms with E-state index in [0.717, 1.165) is 6.07 Å². The van der Waals surface area contributed by atoms with Crippen LogP contribution in [0.1, 0.15) is 37.0 Å². The zero-order chi connectivity index (χ0) is 16.9. The van der Waals surface area contributed by atoms with Crippen LogP contribution in [0.5, 0.6) is 0 Å². The topological polar surface area (TPSA) is 98.5 Å². The number of nitrogens with one attached hydrogen (secondary N) is 1. The Morgan fingerprint density at radius 2 is 2.09 bits per heavy atom. The third-order valence-electron chi connectivity index (χ3n) is 3.18. The molecule has 0 saturated heterocycles. The number of nitro groups is 1. The van der Waals surface area contributed by atoms with E-state index in [1.54, 1.807) is 0 Å². The van der Waals surface area contributed by atoms with E-state index in [2.05, 4.69) is 5.32 Å². The number of carbonyl (C=O) groups excluding carboxylic acids is 2. The number of halogens is 1. The van der Waals surface area contributed by atoms with Crippen molar-refractivity contribution < 1.29 is 19.2 Å². The first kappa shape index (κ1) is 17.9. The van der Waals surface area contributed by atoms with Gasteiger partial charge < -0.3 is 10.1 Å². The first-order valence-electron chi connectivity index (χ1n) is 6.60. The summed E-state index contributed by atoms with van der Waals surface area (Å²) in [5, 5.41) is 13.4. The second-order valence-corrected chi connectivity index (χ2v) is 5.36. The maximum atomic E-state index is 12.3. The molecule has 22 heavy (non-hydrogen) atoms. The molecule has 0 fully saturated rings. The lowest BCUT2D eigenvalue weighted by atomic mass is 9.95. The molecule has 1 atom stereocenters. The van der Waals surface area contributed by atoms with Crippen molar-refractivity contribution in [3.8, 4) is 0 Å². The van der Waals surface area contributed by atoms with Crippen molar-refractivity contribution in [3.05, 3.63) is 38.9 Å². The SMILES string of the molecule is CCCC(C)(NC(=O)c1cc([N+](=O)[O-])ccc1Cl)C(=O)OC. The van der Waals surface area contributed by atoms with Crippen LogP contribution in [-0.4, -0.2) is 29.4 Å². The van der Waals surface area contributed by atoms with Crippen LogP contribution in [0.4, 0.5) is 5.69 Å². The van der Waals surface area contributed by atoms with E-state index in [-0.39, 0.29) is 16.3 Å². The first-order chi connectivity index (χ1) is 10.2. The molecular weight excluding hydrogens is 312 g/mol. The number of esters is 1. The average Bonchev–Trinajstić information content (AvgIpc) is 2.46. The van der Waals surface area contributed by atoms with Crippen LogP contribution < -0.4 is 5.32 Å². The molecule has 8 heteroatoms. The van der Waals surface area contributed by atoms with Gasteiger partial charge in [-0.2, -0.15) is 0 Å². The molecule has 0 aliphatic carbocycles. The van der Waals surface area contributed by atoms with Gasteiger partial charge >= 0.3 is 5.97 Å². The fourth-order valence-electron chi connectivity index (χ4n) is 2.06. The number of amides is 1. The van der Waals surface area contributed by atoms with Crippen LogP contribution in [-0.2, 0) is 9.53 Å². The lowest BCUT2D eigenvalue weighted by Gasteiger charge is -2.27.